The number of carboxylic acids is 1. The Kier molecular flexibility index (Phi) is 45.5. The Hall–Kier alpha value is -3.58. The topological polar surface area (TPSA) is 175 Å². The van der Waals surface area contributed by atoms with Crippen molar-refractivity contribution in [1.82, 2.24) is 0 Å². The van der Waals surface area contributed by atoms with Crippen molar-refractivity contribution < 1.29 is 58.2 Å². The Morgan fingerprint density at radius 3 is 1.34 bits per heavy atom. The second-order valence-electron chi connectivity index (χ2n) is 19.9. The molecule has 6 atom stereocenters. The lowest BCUT2D eigenvalue weighted by Crippen LogP contribution is -2.61. The number of allylic oxidation sites excluding steroid dienone is 10. The summed E-state index contributed by atoms with van der Waals surface area (Å²) >= 11 is 0. The number of hydrogen-bond acceptors (Lipinski definition) is 11. The lowest BCUT2D eigenvalue weighted by Gasteiger charge is -2.40. The standard InChI is InChI=1S/C61H104O12/c1-4-7-10-13-16-19-21-23-25-26-27-28-30-31-33-36-38-41-44-47-53(62)69-50-52(71-54(63)48-45-42-39-35-18-15-12-9-6-3)51-70-61-59(57(66)56(65)58(73-61)60(67)68)72-55(64)49-46-43-40-37-34-32-29-24-22-20-17-14-11-8-5-2/h8,11,16-17,19-20,23-25,29,52,56-59,61,65-66H,4-7,9-10,12-15,18,21-22,26-28,30-51H2,1-3H3,(H,67,68)/b11-8-,19-16-,20-17-,25-23-,29-24-. The highest BCUT2D eigenvalue weighted by Crippen LogP contribution is 2.26. The number of aliphatic hydroxyl groups excluding tert-OH is 2. The van der Waals surface area contributed by atoms with Gasteiger partial charge in [-0.3, -0.25) is 14.4 Å². The summed E-state index contributed by atoms with van der Waals surface area (Å²) in [5.41, 5.74) is 0. The van der Waals surface area contributed by atoms with Crippen molar-refractivity contribution >= 4 is 23.9 Å². The predicted octanol–water partition coefficient (Wildman–Crippen LogP) is 14.8. The summed E-state index contributed by atoms with van der Waals surface area (Å²) in [6, 6.07) is 0. The molecule has 0 radical (unpaired) electrons. The number of carbonyl (C=O) groups is 4. The third-order valence-electron chi connectivity index (χ3n) is 13.1. The van der Waals surface area contributed by atoms with Gasteiger partial charge in [-0.15, -0.1) is 0 Å². The van der Waals surface area contributed by atoms with E-state index in [-0.39, 0.29) is 25.9 Å². The molecule has 1 heterocycles. The molecule has 0 aliphatic carbocycles. The van der Waals surface area contributed by atoms with Crippen LogP contribution in [0.1, 0.15) is 252 Å². The molecule has 420 valence electrons. The molecule has 0 aromatic rings. The fourth-order valence-corrected chi connectivity index (χ4v) is 8.59. The minimum atomic E-state index is -1.91. The van der Waals surface area contributed by atoms with Crippen molar-refractivity contribution in [2.75, 3.05) is 13.2 Å². The zero-order valence-corrected chi connectivity index (χ0v) is 46.1. The van der Waals surface area contributed by atoms with Crippen LogP contribution < -0.4 is 0 Å². The van der Waals surface area contributed by atoms with Gasteiger partial charge in [0.15, 0.2) is 24.6 Å². The van der Waals surface area contributed by atoms with E-state index in [4.69, 9.17) is 23.7 Å². The third-order valence-corrected chi connectivity index (χ3v) is 13.1. The molecule has 0 aromatic carbocycles. The number of aliphatic hydroxyl groups is 2. The Bertz CT molecular complexity index is 1500. The molecule has 3 N–H and O–H groups in total. The van der Waals surface area contributed by atoms with Crippen LogP contribution in [0.3, 0.4) is 0 Å². The van der Waals surface area contributed by atoms with Gasteiger partial charge in [0, 0.05) is 19.3 Å². The summed E-state index contributed by atoms with van der Waals surface area (Å²) in [6.45, 7) is 5.82. The number of rotatable bonds is 49. The van der Waals surface area contributed by atoms with Gasteiger partial charge in [0.2, 0.25) is 0 Å². The van der Waals surface area contributed by atoms with Crippen LogP contribution in [0.5, 0.6) is 0 Å². The van der Waals surface area contributed by atoms with Crippen molar-refractivity contribution in [1.29, 1.82) is 0 Å². The van der Waals surface area contributed by atoms with Crippen LogP contribution in [-0.2, 0) is 42.9 Å². The van der Waals surface area contributed by atoms with E-state index in [9.17, 15) is 34.5 Å². The van der Waals surface area contributed by atoms with Crippen LogP contribution in [0.4, 0.5) is 0 Å². The monoisotopic (exact) mass is 1030 g/mol. The van der Waals surface area contributed by atoms with E-state index in [0.717, 1.165) is 103 Å². The first-order chi connectivity index (χ1) is 35.6. The molecule has 1 rings (SSSR count). The fraction of sp³-hybridized carbons (Fsp3) is 0.770. The van der Waals surface area contributed by atoms with Crippen LogP contribution in [0, 0.1) is 0 Å². The van der Waals surface area contributed by atoms with E-state index >= 15 is 0 Å². The highest BCUT2D eigenvalue weighted by atomic mass is 16.7. The maximum atomic E-state index is 13.1. The first-order valence-corrected chi connectivity index (χ1v) is 29.3. The van der Waals surface area contributed by atoms with E-state index < -0.39 is 67.3 Å². The predicted molar refractivity (Wildman–Crippen MR) is 294 cm³/mol. The van der Waals surface area contributed by atoms with E-state index in [2.05, 4.69) is 81.5 Å². The quantitative estimate of drug-likeness (QED) is 0.0228. The first-order valence-electron chi connectivity index (χ1n) is 29.3. The Balaban J connectivity index is 2.64. The molecule has 0 bridgehead atoms. The highest BCUT2D eigenvalue weighted by molar-refractivity contribution is 5.74. The third kappa shape index (κ3) is 39.5. The van der Waals surface area contributed by atoms with Crippen molar-refractivity contribution in [3.63, 3.8) is 0 Å². The molecule has 6 unspecified atom stereocenters. The minimum absolute atomic E-state index is 0.0410. The Morgan fingerprint density at radius 1 is 0.466 bits per heavy atom. The molecule has 0 spiro atoms. The van der Waals surface area contributed by atoms with E-state index in [1.54, 1.807) is 0 Å². The van der Waals surface area contributed by atoms with E-state index in [1.807, 2.05) is 0 Å². The molecular weight excluding hydrogens is 925 g/mol. The number of ether oxygens (including phenoxy) is 5. The number of hydrogen-bond donors (Lipinski definition) is 3. The van der Waals surface area contributed by atoms with E-state index in [0.29, 0.717) is 19.3 Å². The van der Waals surface area contributed by atoms with Gasteiger partial charge in [-0.25, -0.2) is 4.79 Å². The van der Waals surface area contributed by atoms with Crippen LogP contribution in [0.25, 0.3) is 0 Å². The van der Waals surface area contributed by atoms with Crippen LogP contribution in [0.15, 0.2) is 60.8 Å². The smallest absolute Gasteiger partial charge is 0.335 e. The SMILES string of the molecule is CC/C=C\C/C=C\C/C=C\CCCCCCCC(=O)OC1C(OCC(COC(=O)CCCCCCCCCCC/C=C\C/C=C\CCCCC)OC(=O)CCCCCCCCCCC)OC(C(=O)O)C(O)C1O. The second-order valence-corrected chi connectivity index (χ2v) is 19.9. The Labute approximate surface area is 443 Å². The molecular formula is C61H104O12. The lowest BCUT2D eigenvalue weighted by molar-refractivity contribution is -0.301. The second kappa shape index (κ2) is 49.3. The van der Waals surface area contributed by atoms with Gasteiger partial charge >= 0.3 is 23.9 Å². The summed E-state index contributed by atoms with van der Waals surface area (Å²) < 4.78 is 28.4. The molecule has 1 fully saturated rings. The largest absolute Gasteiger partial charge is 0.479 e. The van der Waals surface area contributed by atoms with Gasteiger partial charge in [-0.2, -0.15) is 0 Å². The molecule has 0 amide bonds. The summed E-state index contributed by atoms with van der Waals surface area (Å²) in [5, 5.41) is 31.4. The molecule has 12 heteroatoms. The van der Waals surface area contributed by atoms with Crippen LogP contribution >= 0.6 is 0 Å². The highest BCUT2D eigenvalue weighted by Gasteiger charge is 2.50. The average molecular weight is 1030 g/mol. The number of aliphatic carboxylic acids is 1. The molecule has 12 nitrogen and oxygen atoms in total. The van der Waals surface area contributed by atoms with Gasteiger partial charge in [0.05, 0.1) is 6.61 Å². The summed E-state index contributed by atoms with van der Waals surface area (Å²) in [7, 11) is 0. The van der Waals surface area contributed by atoms with Gasteiger partial charge in [-0.05, 0) is 83.5 Å². The van der Waals surface area contributed by atoms with Gasteiger partial charge in [0.1, 0.15) is 18.8 Å². The van der Waals surface area contributed by atoms with Gasteiger partial charge in [-0.1, -0.05) is 210 Å². The number of esters is 3. The minimum Gasteiger partial charge on any atom is -0.479 e. The zero-order chi connectivity index (χ0) is 53.3. The number of unbranched alkanes of at least 4 members (excludes halogenated alkanes) is 25. The van der Waals surface area contributed by atoms with Crippen molar-refractivity contribution in [2.24, 2.45) is 0 Å². The van der Waals surface area contributed by atoms with Crippen LogP contribution in [0.2, 0.25) is 0 Å². The molecule has 1 saturated heterocycles. The maximum Gasteiger partial charge on any atom is 0.335 e. The van der Waals surface area contributed by atoms with Gasteiger partial charge in [0.25, 0.3) is 0 Å². The van der Waals surface area contributed by atoms with Crippen LogP contribution in [-0.4, -0.2) is 89.2 Å². The molecule has 73 heavy (non-hydrogen) atoms. The van der Waals surface area contributed by atoms with Crippen molar-refractivity contribution in [3.8, 4) is 0 Å². The van der Waals surface area contributed by atoms with Crippen molar-refractivity contribution in [3.05, 3.63) is 60.8 Å². The fourth-order valence-electron chi connectivity index (χ4n) is 8.59. The molecule has 1 aliphatic rings. The summed E-state index contributed by atoms with van der Waals surface area (Å²) in [6.07, 6.45) is 47.7. The maximum absolute atomic E-state index is 13.1. The average Bonchev–Trinajstić information content (AvgIpc) is 3.37. The van der Waals surface area contributed by atoms with Crippen molar-refractivity contribution in [2.45, 2.75) is 289 Å². The molecule has 0 aromatic heterocycles. The first kappa shape index (κ1) is 67.4. The van der Waals surface area contributed by atoms with Gasteiger partial charge < -0.3 is 39.0 Å². The zero-order valence-electron chi connectivity index (χ0n) is 46.1. The normalized spacial score (nSPS) is 18.7. The van der Waals surface area contributed by atoms with E-state index in [1.165, 1.54) is 89.9 Å². The number of carbonyl (C=O) groups excluding carboxylic acids is 3. The Morgan fingerprint density at radius 2 is 0.863 bits per heavy atom. The lowest BCUT2D eigenvalue weighted by atomic mass is 9.98. The molecule has 1 aliphatic heterocycles. The summed E-state index contributed by atoms with van der Waals surface area (Å²) in [4.78, 5) is 51.0. The number of carboxylic acid groups (broad SMARTS) is 1. The summed E-state index contributed by atoms with van der Waals surface area (Å²) in [5.74, 6) is -3.14. The molecule has 0 saturated carbocycles.